The van der Waals surface area contributed by atoms with E-state index in [4.69, 9.17) is 0 Å². The van der Waals surface area contributed by atoms with Gasteiger partial charge in [-0.1, -0.05) is 65.9 Å². The van der Waals surface area contributed by atoms with Crippen molar-refractivity contribution in [2.45, 2.75) is 92.0 Å². The summed E-state index contributed by atoms with van der Waals surface area (Å²) in [6.45, 7) is 24.3. The van der Waals surface area contributed by atoms with Crippen LogP contribution in [0.25, 0.3) is 0 Å². The molecule has 0 bridgehead atoms. The SMILES string of the molecule is C/C=C(\C)[Si](CC)(NC(C)CC)[Si](C)(C)C(C)(C)C. The first kappa shape index (κ1) is 19.1. The van der Waals surface area contributed by atoms with Crippen LogP contribution in [0.4, 0.5) is 0 Å². The summed E-state index contributed by atoms with van der Waals surface area (Å²) in [6, 6.07) is 1.96. The van der Waals surface area contributed by atoms with Crippen LogP contribution in [0.3, 0.4) is 0 Å². The highest BCUT2D eigenvalue weighted by Gasteiger charge is 2.55. The summed E-state index contributed by atoms with van der Waals surface area (Å²) in [4.78, 5) is 4.16. The van der Waals surface area contributed by atoms with Gasteiger partial charge in [-0.3, -0.25) is 0 Å². The lowest BCUT2D eigenvalue weighted by molar-refractivity contribution is 0.640. The first-order chi connectivity index (χ1) is 8.50. The second-order valence-electron chi connectivity index (χ2n) is 7.56. The van der Waals surface area contributed by atoms with E-state index in [1.54, 1.807) is 5.20 Å². The Morgan fingerprint density at radius 2 is 1.68 bits per heavy atom. The Balaban J connectivity index is 5.88. The van der Waals surface area contributed by atoms with Gasteiger partial charge in [-0.05, 0) is 37.4 Å². The first-order valence-electron chi connectivity index (χ1n) is 7.91. The van der Waals surface area contributed by atoms with Gasteiger partial charge in [-0.15, -0.1) is 0 Å². The summed E-state index contributed by atoms with van der Waals surface area (Å²) < 4.78 is 0. The summed E-state index contributed by atoms with van der Waals surface area (Å²) in [5, 5.41) is 2.11. The topological polar surface area (TPSA) is 12.0 Å². The van der Waals surface area contributed by atoms with E-state index in [1.807, 2.05) is 0 Å². The van der Waals surface area contributed by atoms with Crippen LogP contribution in [-0.4, -0.2) is 21.4 Å². The number of hydrogen-bond donors (Lipinski definition) is 1. The van der Waals surface area contributed by atoms with Crippen LogP contribution in [0.2, 0.25) is 24.2 Å². The van der Waals surface area contributed by atoms with Gasteiger partial charge in [0.25, 0.3) is 0 Å². The average molecular weight is 300 g/mol. The molecule has 0 aromatic carbocycles. The second-order valence-corrected chi connectivity index (χ2v) is 22.2. The molecule has 0 aliphatic heterocycles. The van der Waals surface area contributed by atoms with Crippen molar-refractivity contribution in [2.24, 2.45) is 0 Å². The summed E-state index contributed by atoms with van der Waals surface area (Å²) in [7, 11) is -2.96. The van der Waals surface area contributed by atoms with Gasteiger partial charge in [0.1, 0.15) is 7.75 Å². The minimum atomic E-state index is -1.57. The Labute approximate surface area is 124 Å². The predicted molar refractivity (Wildman–Crippen MR) is 95.8 cm³/mol. The summed E-state index contributed by atoms with van der Waals surface area (Å²) in [6.07, 6.45) is 3.60. The minimum Gasteiger partial charge on any atom is -0.333 e. The van der Waals surface area contributed by atoms with E-state index in [2.05, 4.69) is 79.5 Å². The molecule has 0 saturated heterocycles. The molecule has 1 nitrogen and oxygen atoms in total. The van der Waals surface area contributed by atoms with E-state index in [1.165, 1.54) is 12.5 Å². The molecule has 2 unspecified atom stereocenters. The Hall–Kier alpha value is 0.134. The van der Waals surface area contributed by atoms with Gasteiger partial charge in [0, 0.05) is 0 Å². The molecule has 1 N–H and O–H groups in total. The fraction of sp³-hybridized carbons (Fsp3) is 0.875. The molecule has 0 rings (SSSR count). The second kappa shape index (κ2) is 6.73. The van der Waals surface area contributed by atoms with E-state index in [0.717, 1.165) is 0 Å². The Bertz CT molecular complexity index is 315. The van der Waals surface area contributed by atoms with Crippen LogP contribution < -0.4 is 4.98 Å². The van der Waals surface area contributed by atoms with Crippen molar-refractivity contribution in [3.63, 3.8) is 0 Å². The lowest BCUT2D eigenvalue weighted by Gasteiger charge is -2.53. The maximum absolute atomic E-state index is 4.16. The molecule has 0 amide bonds. The molecule has 0 saturated carbocycles. The lowest BCUT2D eigenvalue weighted by Crippen LogP contribution is -2.74. The predicted octanol–water partition coefficient (Wildman–Crippen LogP) is 5.43. The molecule has 0 heterocycles. The average Bonchev–Trinajstić information content (AvgIpc) is 2.32. The van der Waals surface area contributed by atoms with Crippen molar-refractivity contribution < 1.29 is 0 Å². The van der Waals surface area contributed by atoms with E-state index in [-0.39, 0.29) is 0 Å². The molecule has 0 aliphatic carbocycles. The van der Waals surface area contributed by atoms with Gasteiger partial charge in [0.15, 0.2) is 0 Å². The summed E-state index contributed by atoms with van der Waals surface area (Å²) >= 11 is 0. The van der Waals surface area contributed by atoms with Gasteiger partial charge in [0.05, 0.1) is 7.59 Å². The third kappa shape index (κ3) is 3.62. The first-order valence-corrected chi connectivity index (χ1v) is 14.1. The van der Waals surface area contributed by atoms with Crippen LogP contribution in [-0.2, 0) is 0 Å². The highest BCUT2D eigenvalue weighted by Crippen LogP contribution is 2.44. The molecule has 0 aliphatic rings. The zero-order chi connectivity index (χ0) is 15.5. The van der Waals surface area contributed by atoms with Crippen molar-refractivity contribution >= 4 is 15.3 Å². The molecular formula is C16H37NSi2. The maximum atomic E-state index is 4.16. The lowest BCUT2D eigenvalue weighted by atomic mass is 10.2. The van der Waals surface area contributed by atoms with E-state index in [9.17, 15) is 0 Å². The molecule has 0 aromatic heterocycles. The van der Waals surface area contributed by atoms with Crippen molar-refractivity contribution in [2.75, 3.05) is 0 Å². The monoisotopic (exact) mass is 299 g/mol. The third-order valence-corrected chi connectivity index (χ3v) is 26.6. The summed E-state index contributed by atoms with van der Waals surface area (Å²) in [5.74, 6) is 0. The molecule has 0 fully saturated rings. The molecule has 19 heavy (non-hydrogen) atoms. The normalized spacial score (nSPS) is 19.2. The number of rotatable bonds is 6. The molecule has 3 heteroatoms. The van der Waals surface area contributed by atoms with Gasteiger partial charge >= 0.3 is 0 Å². The molecule has 0 aromatic rings. The van der Waals surface area contributed by atoms with Gasteiger partial charge in [-0.25, -0.2) is 0 Å². The third-order valence-electron chi connectivity index (χ3n) is 5.68. The molecular weight excluding hydrogens is 262 g/mol. The number of hydrogen-bond acceptors (Lipinski definition) is 1. The molecule has 0 radical (unpaired) electrons. The smallest absolute Gasteiger partial charge is 0.142 e. The Kier molecular flexibility index (Phi) is 6.77. The van der Waals surface area contributed by atoms with E-state index >= 15 is 0 Å². The van der Waals surface area contributed by atoms with Crippen molar-refractivity contribution in [1.29, 1.82) is 0 Å². The van der Waals surface area contributed by atoms with Crippen molar-refractivity contribution in [3.05, 3.63) is 11.3 Å². The van der Waals surface area contributed by atoms with Gasteiger partial charge in [-0.2, -0.15) is 0 Å². The largest absolute Gasteiger partial charge is 0.333 e. The fourth-order valence-electron chi connectivity index (χ4n) is 3.02. The molecule has 0 spiro atoms. The van der Waals surface area contributed by atoms with Crippen LogP contribution in [0, 0.1) is 0 Å². The number of nitrogens with one attached hydrogen (secondary N) is 1. The van der Waals surface area contributed by atoms with E-state index in [0.29, 0.717) is 11.1 Å². The van der Waals surface area contributed by atoms with Crippen LogP contribution >= 0.6 is 0 Å². The highest BCUT2D eigenvalue weighted by molar-refractivity contribution is 7.44. The van der Waals surface area contributed by atoms with Crippen LogP contribution in [0.5, 0.6) is 0 Å². The fourth-order valence-corrected chi connectivity index (χ4v) is 20.8. The zero-order valence-corrected chi connectivity index (χ0v) is 17.1. The minimum absolute atomic E-state index is 0.444. The summed E-state index contributed by atoms with van der Waals surface area (Å²) in [5.41, 5.74) is 0. The van der Waals surface area contributed by atoms with Crippen molar-refractivity contribution in [1.82, 2.24) is 4.98 Å². The quantitative estimate of drug-likeness (QED) is 0.645. The van der Waals surface area contributed by atoms with E-state index < -0.39 is 15.3 Å². The Morgan fingerprint density at radius 1 is 1.21 bits per heavy atom. The molecule has 2 atom stereocenters. The van der Waals surface area contributed by atoms with Crippen LogP contribution in [0.15, 0.2) is 11.3 Å². The maximum Gasteiger partial charge on any atom is 0.142 e. The van der Waals surface area contributed by atoms with Gasteiger partial charge in [0.2, 0.25) is 0 Å². The number of allylic oxidation sites excluding steroid dienone is 2. The zero-order valence-electron chi connectivity index (χ0n) is 15.1. The highest BCUT2D eigenvalue weighted by atomic mass is 29.3. The van der Waals surface area contributed by atoms with Gasteiger partial charge < -0.3 is 4.98 Å². The standard InChI is InChI=1S/C16H37NSi2/c1-11-14(4)17-19(13-3,15(5)12-2)18(9,10)16(6,7)8/h12,14,17H,11,13H2,1-10H3/b15-12+. The molecule has 114 valence electrons. The van der Waals surface area contributed by atoms with Crippen molar-refractivity contribution in [3.8, 4) is 0 Å². The van der Waals surface area contributed by atoms with Crippen LogP contribution in [0.1, 0.15) is 61.8 Å². The Morgan fingerprint density at radius 3 is 1.95 bits per heavy atom.